The minimum atomic E-state index is -3.21. The molecule has 1 heterocycles. The molecule has 18 heavy (non-hydrogen) atoms. The molecular weight excluding hydrogens is 252 g/mol. The summed E-state index contributed by atoms with van der Waals surface area (Å²) in [5.41, 5.74) is 0. The third kappa shape index (κ3) is 4.94. The van der Waals surface area contributed by atoms with Crippen LogP contribution < -0.4 is 5.32 Å². The molecule has 0 atom stereocenters. The summed E-state index contributed by atoms with van der Waals surface area (Å²) in [4.78, 5) is 11.3. The summed E-state index contributed by atoms with van der Waals surface area (Å²) in [7, 11) is -3.21. The highest BCUT2D eigenvalue weighted by Gasteiger charge is 2.22. The average Bonchev–Trinajstić information content (AvgIpc) is 2.57. The predicted molar refractivity (Wildman–Crippen MR) is 71.7 cm³/mol. The second kappa shape index (κ2) is 7.09. The fourth-order valence-electron chi connectivity index (χ4n) is 1.96. The lowest BCUT2D eigenvalue weighted by atomic mass is 10.2. The molecule has 6 heteroatoms. The Bertz CT molecular complexity index is 358. The highest BCUT2D eigenvalue weighted by atomic mass is 32.2. The molecule has 0 aliphatic carbocycles. The summed E-state index contributed by atoms with van der Waals surface area (Å²) in [6, 6.07) is 0. The van der Waals surface area contributed by atoms with Crippen LogP contribution in [0.4, 0.5) is 0 Å². The molecule has 1 rings (SSSR count). The SMILES string of the molecule is CC(C)C(=O)NCCS(=O)(=O)N1CCCCCC1. The largest absolute Gasteiger partial charge is 0.355 e. The van der Waals surface area contributed by atoms with Crippen molar-refractivity contribution in [3.8, 4) is 0 Å². The van der Waals surface area contributed by atoms with Crippen molar-refractivity contribution in [2.45, 2.75) is 39.5 Å². The van der Waals surface area contributed by atoms with E-state index in [0.717, 1.165) is 25.7 Å². The first-order valence-corrected chi connectivity index (χ1v) is 8.30. The molecular formula is C12H24N2O3S. The zero-order valence-electron chi connectivity index (χ0n) is 11.3. The van der Waals surface area contributed by atoms with Crippen molar-refractivity contribution in [1.82, 2.24) is 9.62 Å². The van der Waals surface area contributed by atoms with Crippen molar-refractivity contribution < 1.29 is 13.2 Å². The number of hydrogen-bond donors (Lipinski definition) is 1. The first-order chi connectivity index (χ1) is 8.43. The van der Waals surface area contributed by atoms with Crippen LogP contribution in [0.5, 0.6) is 0 Å². The molecule has 1 fully saturated rings. The van der Waals surface area contributed by atoms with Gasteiger partial charge in [-0.1, -0.05) is 26.7 Å². The van der Waals surface area contributed by atoms with E-state index in [4.69, 9.17) is 0 Å². The molecule has 0 unspecified atom stereocenters. The van der Waals surface area contributed by atoms with Gasteiger partial charge >= 0.3 is 0 Å². The fraction of sp³-hybridized carbons (Fsp3) is 0.917. The number of carbonyl (C=O) groups is 1. The van der Waals surface area contributed by atoms with Crippen LogP contribution in [-0.2, 0) is 14.8 Å². The maximum Gasteiger partial charge on any atom is 0.222 e. The molecule has 1 aliphatic rings. The predicted octanol–water partition coefficient (Wildman–Crippen LogP) is 0.964. The van der Waals surface area contributed by atoms with E-state index in [-0.39, 0.29) is 24.1 Å². The van der Waals surface area contributed by atoms with Gasteiger partial charge in [0.25, 0.3) is 0 Å². The third-order valence-electron chi connectivity index (χ3n) is 3.14. The quantitative estimate of drug-likeness (QED) is 0.813. The molecule has 0 aromatic rings. The second-order valence-electron chi connectivity index (χ2n) is 5.07. The van der Waals surface area contributed by atoms with Crippen LogP contribution in [0.2, 0.25) is 0 Å². The normalized spacial score (nSPS) is 18.6. The van der Waals surface area contributed by atoms with Crippen LogP contribution >= 0.6 is 0 Å². The van der Waals surface area contributed by atoms with Gasteiger partial charge < -0.3 is 5.32 Å². The Morgan fingerprint density at radius 3 is 2.22 bits per heavy atom. The summed E-state index contributed by atoms with van der Waals surface area (Å²) in [6.45, 7) is 5.04. The number of nitrogens with one attached hydrogen (secondary N) is 1. The minimum Gasteiger partial charge on any atom is -0.355 e. The van der Waals surface area contributed by atoms with Gasteiger partial charge in [0.2, 0.25) is 15.9 Å². The van der Waals surface area contributed by atoms with Crippen LogP contribution in [0.3, 0.4) is 0 Å². The van der Waals surface area contributed by atoms with E-state index in [2.05, 4.69) is 5.32 Å². The molecule has 1 saturated heterocycles. The van der Waals surface area contributed by atoms with E-state index in [0.29, 0.717) is 13.1 Å². The van der Waals surface area contributed by atoms with Crippen molar-refractivity contribution in [1.29, 1.82) is 0 Å². The Labute approximate surface area is 110 Å². The summed E-state index contributed by atoms with van der Waals surface area (Å²) >= 11 is 0. The second-order valence-corrected chi connectivity index (χ2v) is 7.16. The Morgan fingerprint density at radius 2 is 1.72 bits per heavy atom. The summed E-state index contributed by atoms with van der Waals surface area (Å²) in [5.74, 6) is -0.196. The van der Waals surface area contributed by atoms with Crippen LogP contribution in [0.25, 0.3) is 0 Å². The van der Waals surface area contributed by atoms with Crippen LogP contribution in [0, 0.1) is 5.92 Å². The molecule has 0 bridgehead atoms. The van der Waals surface area contributed by atoms with Gasteiger partial charge in [-0.05, 0) is 12.8 Å². The van der Waals surface area contributed by atoms with E-state index < -0.39 is 10.0 Å². The van der Waals surface area contributed by atoms with Crippen molar-refractivity contribution >= 4 is 15.9 Å². The summed E-state index contributed by atoms with van der Waals surface area (Å²) in [6.07, 6.45) is 4.10. The molecule has 1 N–H and O–H groups in total. The standard InChI is InChI=1S/C12H24N2O3S/c1-11(2)12(15)13-7-10-18(16,17)14-8-5-3-4-6-9-14/h11H,3-10H2,1-2H3,(H,13,15). The highest BCUT2D eigenvalue weighted by molar-refractivity contribution is 7.89. The number of hydrogen-bond acceptors (Lipinski definition) is 3. The molecule has 0 saturated carbocycles. The zero-order chi connectivity index (χ0) is 13.6. The Kier molecular flexibility index (Phi) is 6.08. The molecule has 106 valence electrons. The van der Waals surface area contributed by atoms with E-state index in [9.17, 15) is 13.2 Å². The number of rotatable bonds is 5. The summed E-state index contributed by atoms with van der Waals surface area (Å²) in [5, 5.41) is 2.65. The molecule has 1 aliphatic heterocycles. The number of nitrogens with zero attached hydrogens (tertiary/aromatic N) is 1. The number of amides is 1. The fourth-order valence-corrected chi connectivity index (χ4v) is 3.39. The lowest BCUT2D eigenvalue weighted by Crippen LogP contribution is -2.39. The van der Waals surface area contributed by atoms with E-state index >= 15 is 0 Å². The molecule has 0 aromatic carbocycles. The van der Waals surface area contributed by atoms with Gasteiger partial charge in [-0.15, -0.1) is 0 Å². The first-order valence-electron chi connectivity index (χ1n) is 6.69. The van der Waals surface area contributed by atoms with Gasteiger partial charge in [0.1, 0.15) is 0 Å². The number of sulfonamides is 1. The Balaban J connectivity index is 2.41. The summed E-state index contributed by atoms with van der Waals surface area (Å²) < 4.78 is 25.7. The maximum absolute atomic E-state index is 12.1. The van der Waals surface area contributed by atoms with Crippen molar-refractivity contribution in [3.63, 3.8) is 0 Å². The molecule has 5 nitrogen and oxygen atoms in total. The lowest BCUT2D eigenvalue weighted by Gasteiger charge is -2.20. The van der Waals surface area contributed by atoms with Gasteiger partial charge in [-0.25, -0.2) is 12.7 Å². The van der Waals surface area contributed by atoms with Crippen molar-refractivity contribution in [2.24, 2.45) is 5.92 Å². The third-order valence-corrected chi connectivity index (χ3v) is 5.01. The van der Waals surface area contributed by atoms with Crippen LogP contribution in [0.1, 0.15) is 39.5 Å². The van der Waals surface area contributed by atoms with Gasteiger partial charge in [0.15, 0.2) is 0 Å². The van der Waals surface area contributed by atoms with Gasteiger partial charge in [-0.2, -0.15) is 0 Å². The Hall–Kier alpha value is -0.620. The zero-order valence-corrected chi connectivity index (χ0v) is 12.1. The minimum absolute atomic E-state index is 0.00542. The van der Waals surface area contributed by atoms with E-state index in [1.54, 1.807) is 18.2 Å². The maximum atomic E-state index is 12.1. The van der Waals surface area contributed by atoms with Crippen LogP contribution in [-0.4, -0.2) is 44.0 Å². The Morgan fingerprint density at radius 1 is 1.17 bits per heavy atom. The van der Waals surface area contributed by atoms with Gasteiger partial charge in [0.05, 0.1) is 5.75 Å². The topological polar surface area (TPSA) is 66.5 Å². The molecule has 0 radical (unpaired) electrons. The molecule has 0 aromatic heterocycles. The van der Waals surface area contributed by atoms with Gasteiger partial charge in [-0.3, -0.25) is 4.79 Å². The average molecular weight is 276 g/mol. The number of carbonyl (C=O) groups excluding carboxylic acids is 1. The first kappa shape index (κ1) is 15.4. The van der Waals surface area contributed by atoms with Crippen molar-refractivity contribution in [3.05, 3.63) is 0 Å². The molecule has 0 spiro atoms. The lowest BCUT2D eigenvalue weighted by molar-refractivity contribution is -0.123. The smallest absolute Gasteiger partial charge is 0.222 e. The van der Waals surface area contributed by atoms with E-state index in [1.165, 1.54) is 0 Å². The van der Waals surface area contributed by atoms with Crippen molar-refractivity contribution in [2.75, 3.05) is 25.4 Å². The van der Waals surface area contributed by atoms with E-state index in [1.807, 2.05) is 0 Å². The van der Waals surface area contributed by atoms with Crippen LogP contribution in [0.15, 0.2) is 0 Å². The highest BCUT2D eigenvalue weighted by Crippen LogP contribution is 2.13. The molecule has 1 amide bonds. The monoisotopic (exact) mass is 276 g/mol. The van der Waals surface area contributed by atoms with Gasteiger partial charge in [0, 0.05) is 25.6 Å².